The Kier molecular flexibility index (Phi) is 3.36. The fourth-order valence-corrected chi connectivity index (χ4v) is 2.14. The van der Waals surface area contributed by atoms with Gasteiger partial charge in [-0.25, -0.2) is 0 Å². The lowest BCUT2D eigenvalue weighted by Gasteiger charge is -2.02. The molecule has 2 aromatic rings. The van der Waals surface area contributed by atoms with Crippen LogP contribution in [-0.4, -0.2) is 21.6 Å². The van der Waals surface area contributed by atoms with Crippen molar-refractivity contribution in [2.75, 3.05) is 6.61 Å². The fourth-order valence-electron chi connectivity index (χ4n) is 1.19. The average molecular weight is 256 g/mol. The molecule has 0 amide bonds. The van der Waals surface area contributed by atoms with E-state index in [4.69, 9.17) is 16.3 Å². The Morgan fingerprint density at radius 1 is 1.31 bits per heavy atom. The van der Waals surface area contributed by atoms with E-state index in [-0.39, 0.29) is 11.3 Å². The number of aryl methyl sites for hydroxylation is 1. The Morgan fingerprint density at radius 3 is 2.75 bits per heavy atom. The number of nitrogens with zero attached hydrogens (tertiary/aromatic N) is 3. The predicted molar refractivity (Wildman–Crippen MR) is 64.1 cm³/mol. The Hall–Kier alpha value is -1.20. The van der Waals surface area contributed by atoms with Crippen LogP contribution in [0.25, 0.3) is 10.7 Å². The van der Waals surface area contributed by atoms with Crippen LogP contribution in [0.3, 0.4) is 0 Å². The lowest BCUT2D eigenvalue weighted by atomic mass is 10.4. The van der Waals surface area contributed by atoms with Crippen LogP contribution in [0.5, 0.6) is 6.01 Å². The Bertz CT molecular complexity index is 501. The van der Waals surface area contributed by atoms with Gasteiger partial charge < -0.3 is 4.74 Å². The second kappa shape index (κ2) is 4.76. The number of halogens is 1. The van der Waals surface area contributed by atoms with Crippen molar-refractivity contribution >= 4 is 22.9 Å². The van der Waals surface area contributed by atoms with Gasteiger partial charge in [0, 0.05) is 4.88 Å². The van der Waals surface area contributed by atoms with Crippen LogP contribution < -0.4 is 4.74 Å². The van der Waals surface area contributed by atoms with Gasteiger partial charge in [-0.2, -0.15) is 15.0 Å². The standard InChI is InChI=1S/C10H10ClN3OS/c1-3-15-10-13-8(12-9(11)14-10)7-5-4-6(2)16-7/h4-5H,3H2,1-2H3. The maximum Gasteiger partial charge on any atom is 0.321 e. The molecule has 0 aliphatic carbocycles. The molecule has 4 nitrogen and oxygen atoms in total. The lowest BCUT2D eigenvalue weighted by molar-refractivity contribution is 0.312. The summed E-state index contributed by atoms with van der Waals surface area (Å²) >= 11 is 7.41. The van der Waals surface area contributed by atoms with E-state index in [1.54, 1.807) is 11.3 Å². The summed E-state index contributed by atoms with van der Waals surface area (Å²) in [6, 6.07) is 4.24. The molecular weight excluding hydrogens is 246 g/mol. The molecule has 0 N–H and O–H groups in total. The van der Waals surface area contributed by atoms with Crippen molar-refractivity contribution in [3.63, 3.8) is 0 Å². The van der Waals surface area contributed by atoms with E-state index in [2.05, 4.69) is 15.0 Å². The van der Waals surface area contributed by atoms with Crippen molar-refractivity contribution in [1.82, 2.24) is 15.0 Å². The number of rotatable bonds is 3. The van der Waals surface area contributed by atoms with Gasteiger partial charge in [-0.3, -0.25) is 0 Å². The van der Waals surface area contributed by atoms with Crippen LogP contribution in [0.4, 0.5) is 0 Å². The molecule has 0 aliphatic rings. The molecule has 16 heavy (non-hydrogen) atoms. The minimum atomic E-state index is 0.152. The summed E-state index contributed by atoms with van der Waals surface area (Å²) < 4.78 is 5.21. The van der Waals surface area contributed by atoms with E-state index in [9.17, 15) is 0 Å². The van der Waals surface area contributed by atoms with E-state index in [1.165, 1.54) is 4.88 Å². The molecular formula is C10H10ClN3OS. The zero-order valence-electron chi connectivity index (χ0n) is 8.90. The van der Waals surface area contributed by atoms with E-state index < -0.39 is 0 Å². The second-order valence-corrected chi connectivity index (χ2v) is 4.68. The fraction of sp³-hybridized carbons (Fsp3) is 0.300. The third-order valence-electron chi connectivity index (χ3n) is 1.82. The van der Waals surface area contributed by atoms with E-state index in [1.807, 2.05) is 26.0 Å². The van der Waals surface area contributed by atoms with Gasteiger partial charge >= 0.3 is 6.01 Å². The van der Waals surface area contributed by atoms with Crippen molar-refractivity contribution in [3.8, 4) is 16.7 Å². The Labute approximate surface area is 102 Å². The number of thiophene rings is 1. The summed E-state index contributed by atoms with van der Waals surface area (Å²) in [5.74, 6) is 0.557. The first-order chi connectivity index (χ1) is 7.69. The molecule has 6 heteroatoms. The largest absolute Gasteiger partial charge is 0.464 e. The first kappa shape index (κ1) is 11.3. The van der Waals surface area contributed by atoms with Crippen LogP contribution in [0.1, 0.15) is 11.8 Å². The first-order valence-corrected chi connectivity index (χ1v) is 5.99. The van der Waals surface area contributed by atoms with Gasteiger partial charge in [-0.15, -0.1) is 11.3 Å². The molecule has 0 aromatic carbocycles. The summed E-state index contributed by atoms with van der Waals surface area (Å²) in [7, 11) is 0. The molecule has 0 aliphatic heterocycles. The minimum Gasteiger partial charge on any atom is -0.464 e. The third kappa shape index (κ3) is 2.48. The molecule has 0 radical (unpaired) electrons. The van der Waals surface area contributed by atoms with Crippen molar-refractivity contribution < 1.29 is 4.74 Å². The summed E-state index contributed by atoms with van der Waals surface area (Å²) in [5.41, 5.74) is 0. The van der Waals surface area contributed by atoms with Gasteiger partial charge in [-0.05, 0) is 37.6 Å². The molecule has 0 bridgehead atoms. The van der Waals surface area contributed by atoms with Crippen LogP contribution in [0.2, 0.25) is 5.28 Å². The molecule has 0 atom stereocenters. The summed E-state index contributed by atoms with van der Waals surface area (Å²) in [5, 5.41) is 0.152. The molecule has 2 aromatic heterocycles. The maximum absolute atomic E-state index is 5.80. The monoisotopic (exact) mass is 255 g/mol. The van der Waals surface area contributed by atoms with Crippen molar-refractivity contribution in [1.29, 1.82) is 0 Å². The van der Waals surface area contributed by atoms with Crippen molar-refractivity contribution in [2.45, 2.75) is 13.8 Å². The van der Waals surface area contributed by atoms with E-state index in [0.717, 1.165) is 4.88 Å². The van der Waals surface area contributed by atoms with Crippen LogP contribution in [-0.2, 0) is 0 Å². The zero-order valence-corrected chi connectivity index (χ0v) is 10.5. The normalized spacial score (nSPS) is 10.4. The quantitative estimate of drug-likeness (QED) is 0.846. The molecule has 2 heterocycles. The SMILES string of the molecule is CCOc1nc(Cl)nc(-c2ccc(C)s2)n1. The van der Waals surface area contributed by atoms with Crippen LogP contribution in [0, 0.1) is 6.92 Å². The second-order valence-electron chi connectivity index (χ2n) is 3.05. The van der Waals surface area contributed by atoms with Crippen molar-refractivity contribution in [2.24, 2.45) is 0 Å². The summed E-state index contributed by atoms with van der Waals surface area (Å²) in [4.78, 5) is 14.3. The zero-order chi connectivity index (χ0) is 11.5. The summed E-state index contributed by atoms with van der Waals surface area (Å²) in [6.07, 6.45) is 0. The smallest absolute Gasteiger partial charge is 0.321 e. The highest BCUT2D eigenvalue weighted by atomic mass is 35.5. The maximum atomic E-state index is 5.80. The van der Waals surface area contributed by atoms with E-state index >= 15 is 0 Å². The lowest BCUT2D eigenvalue weighted by Crippen LogP contribution is -2.00. The molecule has 0 fully saturated rings. The summed E-state index contributed by atoms with van der Waals surface area (Å²) in [6.45, 7) is 4.40. The van der Waals surface area contributed by atoms with Crippen LogP contribution >= 0.6 is 22.9 Å². The van der Waals surface area contributed by atoms with E-state index in [0.29, 0.717) is 12.4 Å². The van der Waals surface area contributed by atoms with Gasteiger partial charge in [0.15, 0.2) is 5.82 Å². The molecule has 0 spiro atoms. The van der Waals surface area contributed by atoms with Gasteiger partial charge in [-0.1, -0.05) is 0 Å². The number of hydrogen-bond acceptors (Lipinski definition) is 5. The van der Waals surface area contributed by atoms with Gasteiger partial charge in [0.1, 0.15) is 0 Å². The highest BCUT2D eigenvalue weighted by Gasteiger charge is 2.09. The highest BCUT2D eigenvalue weighted by Crippen LogP contribution is 2.26. The number of ether oxygens (including phenoxy) is 1. The Balaban J connectivity index is 2.40. The average Bonchev–Trinajstić information content (AvgIpc) is 2.64. The van der Waals surface area contributed by atoms with Gasteiger partial charge in [0.2, 0.25) is 5.28 Å². The molecule has 84 valence electrons. The minimum absolute atomic E-state index is 0.152. The third-order valence-corrected chi connectivity index (χ3v) is 2.99. The first-order valence-electron chi connectivity index (χ1n) is 4.80. The van der Waals surface area contributed by atoms with Gasteiger partial charge in [0.05, 0.1) is 11.5 Å². The predicted octanol–water partition coefficient (Wildman–Crippen LogP) is 2.96. The molecule has 0 unspecified atom stereocenters. The van der Waals surface area contributed by atoms with Crippen LogP contribution in [0.15, 0.2) is 12.1 Å². The number of aromatic nitrogens is 3. The topological polar surface area (TPSA) is 47.9 Å². The Morgan fingerprint density at radius 2 is 2.12 bits per heavy atom. The molecule has 0 saturated heterocycles. The van der Waals surface area contributed by atoms with Gasteiger partial charge in [0.25, 0.3) is 0 Å². The van der Waals surface area contributed by atoms with Crippen molar-refractivity contribution in [3.05, 3.63) is 22.3 Å². The number of hydrogen-bond donors (Lipinski definition) is 0. The molecule has 0 saturated carbocycles. The highest BCUT2D eigenvalue weighted by molar-refractivity contribution is 7.15. The molecule has 2 rings (SSSR count).